The van der Waals surface area contributed by atoms with Crippen molar-refractivity contribution in [3.63, 3.8) is 0 Å². The van der Waals surface area contributed by atoms with E-state index in [1.54, 1.807) is 6.07 Å². The molecule has 1 rings (SSSR count). The van der Waals surface area contributed by atoms with Crippen LogP contribution >= 0.6 is 11.6 Å². The zero-order valence-electron chi connectivity index (χ0n) is 10.5. The summed E-state index contributed by atoms with van der Waals surface area (Å²) in [5.74, 6) is 0.696. The minimum Gasteiger partial charge on any atom is -0.474 e. The van der Waals surface area contributed by atoms with Gasteiger partial charge in [-0.2, -0.15) is 0 Å². The van der Waals surface area contributed by atoms with Gasteiger partial charge in [-0.1, -0.05) is 30.7 Å². The van der Waals surface area contributed by atoms with Crippen LogP contribution in [0.2, 0.25) is 5.02 Å². The van der Waals surface area contributed by atoms with Crippen LogP contribution in [0.4, 0.5) is 0 Å². The predicted octanol–water partition coefficient (Wildman–Crippen LogP) is 2.73. The molecule has 3 nitrogen and oxygen atoms in total. The average Bonchev–Trinajstić information content (AvgIpc) is 2.31. The number of aliphatic hydroxyl groups excluding tert-OH is 1. The van der Waals surface area contributed by atoms with Gasteiger partial charge < -0.3 is 9.84 Å². The molecule has 0 saturated heterocycles. The molecule has 0 aliphatic carbocycles. The number of hydrogen-bond acceptors (Lipinski definition) is 3. The van der Waals surface area contributed by atoms with Crippen LogP contribution in [0.15, 0.2) is 18.2 Å². The number of rotatable bonds is 6. The van der Waals surface area contributed by atoms with Gasteiger partial charge in [-0.3, -0.25) is 5.32 Å². The van der Waals surface area contributed by atoms with Crippen molar-refractivity contribution in [2.45, 2.75) is 39.5 Å². The Kier molecular flexibility index (Phi) is 5.75. The highest BCUT2D eigenvalue weighted by Gasteiger charge is 2.13. The fourth-order valence-electron chi connectivity index (χ4n) is 1.61. The maximum absolute atomic E-state index is 9.11. The molecule has 0 aliphatic heterocycles. The van der Waals surface area contributed by atoms with Gasteiger partial charge >= 0.3 is 0 Å². The molecule has 1 aromatic rings. The Hall–Kier alpha value is -0.770. The summed E-state index contributed by atoms with van der Waals surface area (Å²) >= 11 is 6.08. The van der Waals surface area contributed by atoms with E-state index in [2.05, 4.69) is 5.32 Å². The minimum absolute atomic E-state index is 0.0489. The first-order valence-electron chi connectivity index (χ1n) is 5.87. The van der Waals surface area contributed by atoms with Crippen molar-refractivity contribution in [3.8, 4) is 5.75 Å². The minimum atomic E-state index is -0.189. The molecule has 0 radical (unpaired) electrons. The van der Waals surface area contributed by atoms with E-state index in [-0.39, 0.29) is 18.9 Å². The van der Waals surface area contributed by atoms with E-state index in [0.29, 0.717) is 10.8 Å². The van der Waals surface area contributed by atoms with Gasteiger partial charge in [-0.15, -0.1) is 0 Å². The number of ether oxygens (including phenoxy) is 1. The number of benzene rings is 1. The third-order valence-corrected chi connectivity index (χ3v) is 2.94. The molecule has 0 heterocycles. The molecule has 1 aromatic carbocycles. The molecule has 0 aromatic heterocycles. The molecular formula is C13H20ClNO2. The number of halogens is 1. The van der Waals surface area contributed by atoms with Crippen molar-refractivity contribution in [3.05, 3.63) is 28.8 Å². The van der Waals surface area contributed by atoms with Crippen LogP contribution in [0.25, 0.3) is 0 Å². The quantitative estimate of drug-likeness (QED) is 0.770. The zero-order valence-corrected chi connectivity index (χ0v) is 11.3. The molecule has 4 heteroatoms. The number of nitrogens with one attached hydrogen (secondary N) is 1. The van der Waals surface area contributed by atoms with E-state index in [1.165, 1.54) is 0 Å². The maximum atomic E-state index is 9.11. The summed E-state index contributed by atoms with van der Waals surface area (Å²) in [6.07, 6.45) is 0.664. The fraction of sp³-hybridized carbons (Fsp3) is 0.538. The molecule has 2 atom stereocenters. The van der Waals surface area contributed by atoms with Crippen LogP contribution in [0, 0.1) is 6.92 Å². The Balaban J connectivity index is 2.64. The second kappa shape index (κ2) is 6.84. The molecular weight excluding hydrogens is 238 g/mol. The van der Waals surface area contributed by atoms with Crippen molar-refractivity contribution in [2.24, 2.45) is 0 Å². The summed E-state index contributed by atoms with van der Waals surface area (Å²) in [6.45, 7) is 5.98. The molecule has 17 heavy (non-hydrogen) atoms. The smallest absolute Gasteiger partial charge is 0.147 e. The van der Waals surface area contributed by atoms with Crippen molar-refractivity contribution in [2.75, 3.05) is 6.61 Å². The second-order valence-corrected chi connectivity index (χ2v) is 4.51. The first kappa shape index (κ1) is 14.3. The SMILES string of the molecule is CC[C@@H](CO)NC(C)Oc1c(C)cccc1Cl. The van der Waals surface area contributed by atoms with Gasteiger partial charge in [-0.25, -0.2) is 0 Å². The topological polar surface area (TPSA) is 41.5 Å². The van der Waals surface area contributed by atoms with Crippen molar-refractivity contribution in [1.29, 1.82) is 0 Å². The van der Waals surface area contributed by atoms with Crippen molar-refractivity contribution >= 4 is 11.6 Å². The average molecular weight is 258 g/mol. The Bertz CT molecular complexity index is 333. The molecule has 0 spiro atoms. The Morgan fingerprint density at radius 3 is 2.71 bits per heavy atom. The highest BCUT2D eigenvalue weighted by Crippen LogP contribution is 2.28. The number of hydrogen-bond donors (Lipinski definition) is 2. The van der Waals surface area contributed by atoms with Crippen LogP contribution < -0.4 is 10.1 Å². The molecule has 96 valence electrons. The molecule has 1 unspecified atom stereocenters. The Morgan fingerprint density at radius 1 is 1.47 bits per heavy atom. The number of para-hydroxylation sites is 1. The lowest BCUT2D eigenvalue weighted by molar-refractivity contribution is 0.136. The van der Waals surface area contributed by atoms with Crippen LogP contribution in [0.1, 0.15) is 25.8 Å². The monoisotopic (exact) mass is 257 g/mol. The fourth-order valence-corrected chi connectivity index (χ4v) is 1.87. The summed E-state index contributed by atoms with van der Waals surface area (Å²) in [4.78, 5) is 0. The normalized spacial score (nSPS) is 14.4. The third kappa shape index (κ3) is 4.19. The summed E-state index contributed by atoms with van der Waals surface area (Å²) in [7, 11) is 0. The first-order valence-corrected chi connectivity index (χ1v) is 6.25. The lowest BCUT2D eigenvalue weighted by Crippen LogP contribution is -2.41. The van der Waals surface area contributed by atoms with Gasteiger partial charge in [0.2, 0.25) is 0 Å². The summed E-state index contributed by atoms with van der Waals surface area (Å²) in [5.41, 5.74) is 1.00. The standard InChI is InChI=1S/C13H20ClNO2/c1-4-11(8-16)15-10(3)17-13-9(2)6-5-7-12(13)14/h5-7,10-11,15-16H,4,8H2,1-3H3/t10?,11-/m0/s1. The summed E-state index contributed by atoms with van der Waals surface area (Å²) in [5, 5.41) is 12.9. The Morgan fingerprint density at radius 2 is 2.18 bits per heavy atom. The van der Waals surface area contributed by atoms with Crippen molar-refractivity contribution < 1.29 is 9.84 Å². The predicted molar refractivity (Wildman–Crippen MR) is 70.6 cm³/mol. The molecule has 0 saturated carbocycles. The summed E-state index contributed by atoms with van der Waals surface area (Å²) in [6, 6.07) is 5.70. The van der Waals surface area contributed by atoms with Crippen LogP contribution in [0.5, 0.6) is 5.75 Å². The zero-order chi connectivity index (χ0) is 12.8. The second-order valence-electron chi connectivity index (χ2n) is 4.10. The van der Waals surface area contributed by atoms with Crippen LogP contribution in [-0.2, 0) is 0 Å². The molecule has 0 fully saturated rings. The van der Waals surface area contributed by atoms with Crippen LogP contribution in [0.3, 0.4) is 0 Å². The van der Waals surface area contributed by atoms with Gasteiger partial charge in [0.05, 0.1) is 11.6 Å². The van der Waals surface area contributed by atoms with E-state index in [1.807, 2.05) is 32.9 Å². The van der Waals surface area contributed by atoms with E-state index in [0.717, 1.165) is 12.0 Å². The lowest BCUT2D eigenvalue weighted by Gasteiger charge is -2.23. The van der Waals surface area contributed by atoms with Gasteiger partial charge in [-0.05, 0) is 31.9 Å². The van der Waals surface area contributed by atoms with Gasteiger partial charge in [0.15, 0.2) is 0 Å². The van der Waals surface area contributed by atoms with E-state index < -0.39 is 0 Å². The number of aliphatic hydroxyl groups is 1. The number of aryl methyl sites for hydroxylation is 1. The largest absolute Gasteiger partial charge is 0.474 e. The van der Waals surface area contributed by atoms with Gasteiger partial charge in [0.1, 0.15) is 12.0 Å². The van der Waals surface area contributed by atoms with Gasteiger partial charge in [0.25, 0.3) is 0 Å². The first-order chi connectivity index (χ1) is 8.08. The van der Waals surface area contributed by atoms with E-state index >= 15 is 0 Å². The van der Waals surface area contributed by atoms with Gasteiger partial charge in [0, 0.05) is 6.04 Å². The molecule has 0 amide bonds. The van der Waals surface area contributed by atoms with E-state index in [4.69, 9.17) is 21.4 Å². The Labute approximate surface area is 108 Å². The van der Waals surface area contributed by atoms with Crippen molar-refractivity contribution in [1.82, 2.24) is 5.32 Å². The molecule has 0 bridgehead atoms. The summed E-state index contributed by atoms with van der Waals surface area (Å²) < 4.78 is 5.76. The van der Waals surface area contributed by atoms with Crippen LogP contribution in [-0.4, -0.2) is 24.0 Å². The highest BCUT2D eigenvalue weighted by molar-refractivity contribution is 6.32. The third-order valence-electron chi connectivity index (χ3n) is 2.64. The van der Waals surface area contributed by atoms with E-state index in [9.17, 15) is 0 Å². The molecule has 2 N–H and O–H groups in total. The lowest BCUT2D eigenvalue weighted by atomic mass is 10.2. The highest BCUT2D eigenvalue weighted by atomic mass is 35.5. The molecule has 0 aliphatic rings. The maximum Gasteiger partial charge on any atom is 0.147 e.